The second-order valence-corrected chi connectivity index (χ2v) is 3.96. The van der Waals surface area contributed by atoms with Crippen LogP contribution >= 0.6 is 0 Å². The topological polar surface area (TPSA) is 82.0 Å². The van der Waals surface area contributed by atoms with E-state index in [9.17, 15) is 14.3 Å². The van der Waals surface area contributed by atoms with Gasteiger partial charge in [-0.05, 0) is 6.42 Å². The fraction of sp³-hybridized carbons (Fsp3) is 0.889. The number of aliphatic hydroxyl groups is 2. The predicted octanol–water partition coefficient (Wildman–Crippen LogP) is -1.18. The van der Waals surface area contributed by atoms with Crippen molar-refractivity contribution in [2.24, 2.45) is 0 Å². The van der Waals surface area contributed by atoms with Crippen LogP contribution in [0.5, 0.6) is 0 Å². The minimum atomic E-state index is -1.68. The zero-order valence-electron chi connectivity index (χ0n) is 8.67. The van der Waals surface area contributed by atoms with Crippen molar-refractivity contribution in [3.05, 3.63) is 0 Å². The normalized spacial score (nSPS) is 39.9. The highest BCUT2D eigenvalue weighted by Crippen LogP contribution is 2.27. The molecule has 0 aromatic rings. The summed E-state index contributed by atoms with van der Waals surface area (Å²) in [6, 6.07) is -0.398. The van der Waals surface area contributed by atoms with Crippen molar-refractivity contribution < 1.29 is 24.1 Å². The first-order valence-electron chi connectivity index (χ1n) is 5.28. The standard InChI is InChI=1S/C9H15FN2O4/c10-6-7(14)5(4-13)16-8(6)12-3-1-2-11-9(12)15/h5-8,13-14H,1-4H2,(H,11,15)/t5-,6+,7?,8-/m1/s1. The van der Waals surface area contributed by atoms with E-state index in [1.807, 2.05) is 0 Å². The van der Waals surface area contributed by atoms with Gasteiger partial charge in [0.2, 0.25) is 0 Å². The lowest BCUT2D eigenvalue weighted by molar-refractivity contribution is -0.0730. The number of nitrogens with zero attached hydrogens (tertiary/aromatic N) is 1. The number of alkyl halides is 1. The van der Waals surface area contributed by atoms with Gasteiger partial charge in [0.15, 0.2) is 12.4 Å². The molecule has 92 valence electrons. The van der Waals surface area contributed by atoms with Crippen molar-refractivity contribution in [3.8, 4) is 0 Å². The monoisotopic (exact) mass is 234 g/mol. The summed E-state index contributed by atoms with van der Waals surface area (Å²) in [5, 5.41) is 20.9. The fourth-order valence-electron chi connectivity index (χ4n) is 2.00. The molecule has 2 aliphatic heterocycles. The van der Waals surface area contributed by atoms with Crippen LogP contribution in [0.1, 0.15) is 6.42 Å². The molecule has 7 heteroatoms. The van der Waals surface area contributed by atoms with Crippen LogP contribution in [0.15, 0.2) is 0 Å². The SMILES string of the molecule is O=C1NCCCN1[C@@H]1O[C@H](CO)C(O)[C@@H]1F. The van der Waals surface area contributed by atoms with E-state index >= 15 is 0 Å². The number of rotatable bonds is 2. The Hall–Kier alpha value is -0.920. The van der Waals surface area contributed by atoms with Crippen LogP contribution in [0, 0.1) is 0 Å². The van der Waals surface area contributed by atoms with Crippen LogP contribution in [0.3, 0.4) is 0 Å². The minimum Gasteiger partial charge on any atom is -0.394 e. The van der Waals surface area contributed by atoms with E-state index in [1.165, 1.54) is 4.90 Å². The van der Waals surface area contributed by atoms with Crippen LogP contribution in [0.2, 0.25) is 0 Å². The number of halogens is 1. The summed E-state index contributed by atoms with van der Waals surface area (Å²) in [5.74, 6) is 0. The molecule has 0 aromatic carbocycles. The molecule has 2 fully saturated rings. The summed E-state index contributed by atoms with van der Waals surface area (Å²) < 4.78 is 18.8. The molecule has 16 heavy (non-hydrogen) atoms. The van der Waals surface area contributed by atoms with Crippen LogP contribution in [0.25, 0.3) is 0 Å². The van der Waals surface area contributed by atoms with Gasteiger partial charge in [-0.3, -0.25) is 4.90 Å². The first kappa shape index (κ1) is 11.6. The molecule has 3 N–H and O–H groups in total. The van der Waals surface area contributed by atoms with E-state index < -0.39 is 37.2 Å². The molecule has 0 radical (unpaired) electrons. The van der Waals surface area contributed by atoms with E-state index in [2.05, 4.69) is 5.32 Å². The molecule has 2 amide bonds. The van der Waals surface area contributed by atoms with Gasteiger partial charge in [-0.2, -0.15) is 0 Å². The third-order valence-electron chi connectivity index (χ3n) is 2.89. The van der Waals surface area contributed by atoms with Crippen molar-refractivity contribution in [1.29, 1.82) is 0 Å². The quantitative estimate of drug-likeness (QED) is 0.561. The Kier molecular flexibility index (Phi) is 3.27. The number of carbonyl (C=O) groups is 1. The lowest BCUT2D eigenvalue weighted by Gasteiger charge is -2.32. The Balaban J connectivity index is 2.06. The number of hydrogen-bond donors (Lipinski definition) is 3. The zero-order valence-corrected chi connectivity index (χ0v) is 8.67. The van der Waals surface area contributed by atoms with Crippen molar-refractivity contribution in [1.82, 2.24) is 10.2 Å². The highest BCUT2D eigenvalue weighted by molar-refractivity contribution is 5.75. The Labute approximate surface area is 92.0 Å². The number of urea groups is 1. The summed E-state index contributed by atoms with van der Waals surface area (Å²) >= 11 is 0. The molecule has 6 nitrogen and oxygen atoms in total. The van der Waals surface area contributed by atoms with Gasteiger partial charge in [-0.15, -0.1) is 0 Å². The van der Waals surface area contributed by atoms with Gasteiger partial charge in [0.1, 0.15) is 12.2 Å². The molecule has 0 aliphatic carbocycles. The van der Waals surface area contributed by atoms with Gasteiger partial charge < -0.3 is 20.3 Å². The van der Waals surface area contributed by atoms with Crippen LogP contribution in [0.4, 0.5) is 9.18 Å². The van der Waals surface area contributed by atoms with Crippen LogP contribution in [-0.4, -0.2) is 65.4 Å². The Bertz CT molecular complexity index is 278. The molecular weight excluding hydrogens is 219 g/mol. The second-order valence-electron chi connectivity index (χ2n) is 3.96. The molecule has 0 bridgehead atoms. The van der Waals surface area contributed by atoms with Crippen molar-refractivity contribution in [3.63, 3.8) is 0 Å². The highest BCUT2D eigenvalue weighted by atomic mass is 19.1. The molecule has 0 aromatic heterocycles. The highest BCUT2D eigenvalue weighted by Gasteiger charge is 2.48. The first-order valence-corrected chi connectivity index (χ1v) is 5.28. The number of hydrogen-bond acceptors (Lipinski definition) is 4. The number of carbonyl (C=O) groups excluding carboxylic acids is 1. The molecule has 0 saturated carbocycles. The maximum atomic E-state index is 13.7. The summed E-state index contributed by atoms with van der Waals surface area (Å²) in [4.78, 5) is 12.7. The van der Waals surface area contributed by atoms with Gasteiger partial charge in [0, 0.05) is 13.1 Å². The molecular formula is C9H15FN2O4. The summed E-state index contributed by atoms with van der Waals surface area (Å²) in [7, 11) is 0. The third-order valence-corrected chi connectivity index (χ3v) is 2.89. The Morgan fingerprint density at radius 2 is 2.38 bits per heavy atom. The molecule has 2 rings (SSSR count). The van der Waals surface area contributed by atoms with E-state index in [0.29, 0.717) is 19.5 Å². The number of nitrogens with one attached hydrogen (secondary N) is 1. The summed E-state index contributed by atoms with van der Waals surface area (Å²) in [5.41, 5.74) is 0. The Morgan fingerprint density at radius 3 is 2.94 bits per heavy atom. The molecule has 2 saturated heterocycles. The minimum absolute atomic E-state index is 0.391. The zero-order chi connectivity index (χ0) is 11.7. The number of aliphatic hydroxyl groups excluding tert-OH is 2. The number of ether oxygens (including phenoxy) is 1. The Morgan fingerprint density at radius 1 is 1.62 bits per heavy atom. The van der Waals surface area contributed by atoms with Crippen LogP contribution < -0.4 is 5.32 Å². The largest absolute Gasteiger partial charge is 0.394 e. The maximum Gasteiger partial charge on any atom is 0.319 e. The fourth-order valence-corrected chi connectivity index (χ4v) is 2.00. The molecule has 2 aliphatic rings. The molecule has 0 spiro atoms. The van der Waals surface area contributed by atoms with E-state index in [4.69, 9.17) is 9.84 Å². The van der Waals surface area contributed by atoms with Gasteiger partial charge in [0.25, 0.3) is 0 Å². The van der Waals surface area contributed by atoms with Gasteiger partial charge in [-0.1, -0.05) is 0 Å². The van der Waals surface area contributed by atoms with E-state index in [-0.39, 0.29) is 0 Å². The summed E-state index contributed by atoms with van der Waals surface area (Å²) in [6.45, 7) is 0.486. The number of amides is 2. The first-order chi connectivity index (χ1) is 7.65. The van der Waals surface area contributed by atoms with Crippen molar-refractivity contribution in [2.75, 3.05) is 19.7 Å². The molecule has 4 atom stereocenters. The summed E-state index contributed by atoms with van der Waals surface area (Å²) in [6.07, 6.45) is -4.43. The van der Waals surface area contributed by atoms with Gasteiger partial charge >= 0.3 is 6.03 Å². The van der Waals surface area contributed by atoms with Gasteiger partial charge in [0.05, 0.1) is 6.61 Å². The van der Waals surface area contributed by atoms with Gasteiger partial charge in [-0.25, -0.2) is 9.18 Å². The molecule has 1 unspecified atom stereocenters. The predicted molar refractivity (Wildman–Crippen MR) is 51.4 cm³/mol. The average molecular weight is 234 g/mol. The van der Waals surface area contributed by atoms with Crippen LogP contribution in [-0.2, 0) is 4.74 Å². The van der Waals surface area contributed by atoms with Crippen molar-refractivity contribution in [2.45, 2.75) is 31.0 Å². The lowest BCUT2D eigenvalue weighted by Crippen LogP contribution is -2.54. The lowest BCUT2D eigenvalue weighted by atomic mass is 10.1. The van der Waals surface area contributed by atoms with E-state index in [0.717, 1.165) is 0 Å². The smallest absolute Gasteiger partial charge is 0.319 e. The maximum absolute atomic E-state index is 13.7. The average Bonchev–Trinajstić information content (AvgIpc) is 2.57. The third kappa shape index (κ3) is 1.85. The molecule has 2 heterocycles. The van der Waals surface area contributed by atoms with E-state index in [1.54, 1.807) is 0 Å². The second kappa shape index (κ2) is 4.52. The van der Waals surface area contributed by atoms with Crippen molar-refractivity contribution >= 4 is 6.03 Å².